The maximum absolute atomic E-state index is 9.52. The Morgan fingerprint density at radius 1 is 0.938 bits per heavy atom. The van der Waals surface area contributed by atoms with E-state index in [0.717, 1.165) is 5.92 Å². The van der Waals surface area contributed by atoms with Crippen LogP contribution in [-0.2, 0) is 4.74 Å². The van der Waals surface area contributed by atoms with Crippen molar-refractivity contribution in [3.05, 3.63) is 23.8 Å². The molecule has 32 heavy (non-hydrogen) atoms. The minimum absolute atomic E-state index is 0.136. The fourth-order valence-electron chi connectivity index (χ4n) is 8.67. The van der Waals surface area contributed by atoms with Gasteiger partial charge in [0, 0.05) is 13.0 Å². The highest BCUT2D eigenvalue weighted by molar-refractivity contribution is 5.30. The Hall–Kier alpha value is -0.640. The van der Waals surface area contributed by atoms with Gasteiger partial charge in [0.25, 0.3) is 0 Å². The van der Waals surface area contributed by atoms with Crippen molar-refractivity contribution in [2.45, 2.75) is 98.4 Å². The molecule has 0 heterocycles. The zero-order chi connectivity index (χ0) is 23.3. The maximum Gasteiger partial charge on any atom is 0.154 e. The summed E-state index contributed by atoms with van der Waals surface area (Å²) in [5.74, 6) is 3.42. The molecular formula is C29H48O3. The second-order valence-corrected chi connectivity index (χ2v) is 12.4. The van der Waals surface area contributed by atoms with Crippen molar-refractivity contribution >= 4 is 0 Å². The third-order valence-corrected chi connectivity index (χ3v) is 11.0. The van der Waals surface area contributed by atoms with E-state index < -0.39 is 6.29 Å². The number of allylic oxidation sites excluding steroid dienone is 3. The molecule has 0 aromatic heterocycles. The van der Waals surface area contributed by atoms with Crippen LogP contribution in [0.25, 0.3) is 0 Å². The summed E-state index contributed by atoms with van der Waals surface area (Å²) in [5.41, 5.74) is 2.55. The second kappa shape index (κ2) is 9.19. The van der Waals surface area contributed by atoms with Gasteiger partial charge in [-0.2, -0.15) is 0 Å². The average molecular weight is 445 g/mol. The topological polar surface area (TPSA) is 49.7 Å². The van der Waals surface area contributed by atoms with E-state index in [1.54, 1.807) is 5.57 Å². The lowest BCUT2D eigenvalue weighted by atomic mass is 9.47. The Morgan fingerprint density at radius 2 is 1.66 bits per heavy atom. The van der Waals surface area contributed by atoms with Crippen molar-refractivity contribution in [1.29, 1.82) is 0 Å². The highest BCUT2D eigenvalue weighted by atomic mass is 16.5. The zero-order valence-corrected chi connectivity index (χ0v) is 21.4. The van der Waals surface area contributed by atoms with E-state index in [9.17, 15) is 10.2 Å². The number of hydrogen-bond acceptors (Lipinski definition) is 3. The molecule has 4 aliphatic rings. The SMILES string of the molecule is CO[C@@H]1C=C2[C@@H]3CC[C@H]([C@H](C)/C=C/[C@@H](C)C(C)C(O)O)[C@@]3(C)CC[C@@H]2[C@@]2(C)CCCCC12. The summed E-state index contributed by atoms with van der Waals surface area (Å²) >= 11 is 0. The van der Waals surface area contributed by atoms with Gasteiger partial charge in [-0.05, 0) is 84.9 Å². The third kappa shape index (κ3) is 3.95. The minimum atomic E-state index is -1.24. The van der Waals surface area contributed by atoms with Crippen LogP contribution in [0.1, 0.15) is 86.0 Å². The molecule has 0 spiro atoms. The summed E-state index contributed by atoms with van der Waals surface area (Å²) in [6, 6.07) is 0. The summed E-state index contributed by atoms with van der Waals surface area (Å²) < 4.78 is 6.11. The van der Waals surface area contributed by atoms with Gasteiger partial charge in [-0.15, -0.1) is 0 Å². The lowest BCUT2D eigenvalue weighted by Gasteiger charge is -2.58. The minimum Gasteiger partial charge on any atom is -0.377 e. The molecule has 3 nitrogen and oxygen atoms in total. The highest BCUT2D eigenvalue weighted by Crippen LogP contribution is 2.67. The quantitative estimate of drug-likeness (QED) is 0.370. The molecule has 182 valence electrons. The van der Waals surface area contributed by atoms with Crippen LogP contribution in [0.3, 0.4) is 0 Å². The van der Waals surface area contributed by atoms with E-state index >= 15 is 0 Å². The molecule has 0 aromatic carbocycles. The Labute approximate surface area is 196 Å². The van der Waals surface area contributed by atoms with Gasteiger partial charge in [-0.25, -0.2) is 0 Å². The molecular weight excluding hydrogens is 396 g/mol. The summed E-state index contributed by atoms with van der Waals surface area (Å²) in [7, 11) is 1.93. The van der Waals surface area contributed by atoms with E-state index in [0.29, 0.717) is 40.6 Å². The van der Waals surface area contributed by atoms with Crippen LogP contribution >= 0.6 is 0 Å². The molecule has 0 amide bonds. The van der Waals surface area contributed by atoms with E-state index in [4.69, 9.17) is 4.74 Å². The van der Waals surface area contributed by atoms with Crippen LogP contribution in [-0.4, -0.2) is 29.7 Å². The standard InChI is InChI=1S/C29H48O3/c1-18(20(3)27(30)31)10-11-19(2)22-12-13-23-21-17-26(32-6)25-9-7-8-15-28(25,4)24(21)14-16-29(22,23)5/h10-11,17-20,22-27,30-31H,7-9,12-16H2,1-6H3/b11-10+/t18-,19-,20?,22-,23+,24+,25?,26-,28-,29-/m1/s1. The molecule has 3 saturated carbocycles. The number of ether oxygens (including phenoxy) is 1. The van der Waals surface area contributed by atoms with Gasteiger partial charge < -0.3 is 14.9 Å². The van der Waals surface area contributed by atoms with Gasteiger partial charge in [0.05, 0.1) is 6.10 Å². The van der Waals surface area contributed by atoms with E-state index in [-0.39, 0.29) is 11.8 Å². The fraction of sp³-hybridized carbons (Fsp3) is 0.862. The first-order valence-corrected chi connectivity index (χ1v) is 13.4. The lowest BCUT2D eigenvalue weighted by molar-refractivity contribution is -0.0875. The van der Waals surface area contributed by atoms with Crippen LogP contribution in [0.5, 0.6) is 0 Å². The number of aliphatic hydroxyl groups is 2. The average Bonchev–Trinajstić information content (AvgIpc) is 3.13. The van der Waals surface area contributed by atoms with Gasteiger partial charge in [-0.3, -0.25) is 0 Å². The Morgan fingerprint density at radius 3 is 2.34 bits per heavy atom. The zero-order valence-electron chi connectivity index (χ0n) is 21.4. The molecule has 10 atom stereocenters. The molecule has 3 heteroatoms. The normalized spacial score (nSPS) is 44.5. The monoisotopic (exact) mass is 444 g/mol. The van der Waals surface area contributed by atoms with Gasteiger partial charge in [0.15, 0.2) is 6.29 Å². The highest BCUT2D eigenvalue weighted by Gasteiger charge is 2.59. The molecule has 0 saturated heterocycles. The second-order valence-electron chi connectivity index (χ2n) is 12.4. The predicted molar refractivity (Wildman–Crippen MR) is 131 cm³/mol. The van der Waals surface area contributed by atoms with E-state index in [2.05, 4.69) is 45.9 Å². The molecule has 3 fully saturated rings. The molecule has 0 aromatic rings. The van der Waals surface area contributed by atoms with Crippen molar-refractivity contribution in [3.63, 3.8) is 0 Å². The Bertz CT molecular complexity index is 726. The number of fused-ring (bicyclic) bond motifs is 5. The van der Waals surface area contributed by atoms with Crippen LogP contribution in [0.2, 0.25) is 0 Å². The number of rotatable bonds is 6. The summed E-state index contributed by atoms with van der Waals surface area (Å²) in [6.07, 6.45) is 17.0. The van der Waals surface area contributed by atoms with Gasteiger partial charge in [0.2, 0.25) is 0 Å². The van der Waals surface area contributed by atoms with E-state index in [1.165, 1.54) is 51.4 Å². The van der Waals surface area contributed by atoms with Crippen LogP contribution in [0.15, 0.2) is 23.8 Å². The first-order chi connectivity index (χ1) is 15.1. The number of hydrogen-bond donors (Lipinski definition) is 2. The maximum atomic E-state index is 9.52. The molecule has 0 aliphatic heterocycles. The van der Waals surface area contributed by atoms with Crippen molar-refractivity contribution in [2.24, 2.45) is 52.3 Å². The number of methoxy groups -OCH3 is 1. The summed E-state index contributed by atoms with van der Waals surface area (Å²) in [4.78, 5) is 0. The van der Waals surface area contributed by atoms with Crippen LogP contribution in [0.4, 0.5) is 0 Å². The van der Waals surface area contributed by atoms with Crippen molar-refractivity contribution < 1.29 is 14.9 Å². The molecule has 2 unspecified atom stereocenters. The van der Waals surface area contributed by atoms with Gasteiger partial charge in [-0.1, -0.05) is 71.3 Å². The molecule has 4 aliphatic carbocycles. The Kier molecular flexibility index (Phi) is 7.03. The Balaban J connectivity index is 1.56. The lowest BCUT2D eigenvalue weighted by Crippen LogP contribution is -2.52. The molecule has 0 radical (unpaired) electrons. The van der Waals surface area contributed by atoms with E-state index in [1.807, 2.05) is 14.0 Å². The molecule has 0 bridgehead atoms. The third-order valence-electron chi connectivity index (χ3n) is 11.0. The molecule has 4 rings (SSSR count). The van der Waals surface area contributed by atoms with Crippen molar-refractivity contribution in [2.75, 3.05) is 7.11 Å². The van der Waals surface area contributed by atoms with Crippen molar-refractivity contribution in [1.82, 2.24) is 0 Å². The number of aliphatic hydroxyl groups excluding tert-OH is 1. The fourth-order valence-corrected chi connectivity index (χ4v) is 8.67. The van der Waals surface area contributed by atoms with Crippen molar-refractivity contribution in [3.8, 4) is 0 Å². The molecule has 2 N–H and O–H groups in total. The smallest absolute Gasteiger partial charge is 0.154 e. The van der Waals surface area contributed by atoms with Crippen LogP contribution < -0.4 is 0 Å². The van der Waals surface area contributed by atoms with Gasteiger partial charge >= 0.3 is 0 Å². The van der Waals surface area contributed by atoms with Gasteiger partial charge in [0.1, 0.15) is 0 Å². The summed E-state index contributed by atoms with van der Waals surface area (Å²) in [6.45, 7) is 11.6. The predicted octanol–water partition coefficient (Wildman–Crippen LogP) is 6.36. The van der Waals surface area contributed by atoms with Crippen LogP contribution in [0, 0.1) is 52.3 Å². The first-order valence-electron chi connectivity index (χ1n) is 13.4. The first kappa shape index (κ1) is 24.5. The largest absolute Gasteiger partial charge is 0.377 e. The summed E-state index contributed by atoms with van der Waals surface area (Å²) in [5, 5.41) is 19.0.